The molecule has 4 aromatic carbocycles. The second kappa shape index (κ2) is 11.9. The van der Waals surface area contributed by atoms with Gasteiger partial charge in [-0.2, -0.15) is 0 Å². The van der Waals surface area contributed by atoms with Crippen LogP contribution >= 0.6 is 0 Å². The summed E-state index contributed by atoms with van der Waals surface area (Å²) in [5, 5.41) is 0. The number of nitrogens with zero attached hydrogens (tertiary/aromatic N) is 2. The molecule has 0 fully saturated rings. The smallest absolute Gasteiger partial charge is 0.223 e. The molecule has 3 atom stereocenters. The molecule has 3 heteroatoms. The summed E-state index contributed by atoms with van der Waals surface area (Å²) in [6, 6.07) is 35.2. The van der Waals surface area contributed by atoms with Gasteiger partial charge in [-0.1, -0.05) is 140 Å². The van der Waals surface area contributed by atoms with Crippen LogP contribution in [-0.4, -0.2) is 12.8 Å². The molecular weight excluding hydrogens is 603 g/mol. The molecule has 4 aromatic rings. The van der Waals surface area contributed by atoms with E-state index < -0.39 is 0 Å². The van der Waals surface area contributed by atoms with E-state index in [-0.39, 0.29) is 16.2 Å². The molecule has 3 unspecified atom stereocenters. The summed E-state index contributed by atoms with van der Waals surface area (Å²) >= 11 is 0. The highest BCUT2D eigenvalue weighted by Gasteiger charge is 2.50. The first-order valence-corrected chi connectivity index (χ1v) is 18.9. The van der Waals surface area contributed by atoms with Crippen molar-refractivity contribution in [2.45, 2.75) is 97.3 Å². The molecule has 0 saturated heterocycles. The zero-order chi connectivity index (χ0) is 35.0. The van der Waals surface area contributed by atoms with Crippen LogP contribution in [-0.2, 0) is 10.8 Å². The van der Waals surface area contributed by atoms with Crippen LogP contribution in [0.15, 0.2) is 127 Å². The summed E-state index contributed by atoms with van der Waals surface area (Å²) in [7, 11) is 0. The molecule has 2 nitrogen and oxygen atoms in total. The standard InChI is InChI=1S/C47H53BN2/c1-45(2,3)32-23-26-37(27-24-32)50-41-28-25-34(46(4,5)6)29-39(41)48-38-21-15-16-22-40(38)49(36-19-13-10-14-20-36)42-30-35(31-43(50)44(42)48)47(7,8)33-17-11-9-12-18-33/h9-20,23,25-32,38,40H,21-22,24H2,1-8H3. The number of hydrogen-bond donors (Lipinski definition) is 0. The van der Waals surface area contributed by atoms with E-state index in [4.69, 9.17) is 0 Å². The topological polar surface area (TPSA) is 6.48 Å². The second-order valence-corrected chi connectivity index (χ2v) is 17.8. The molecule has 0 saturated carbocycles. The summed E-state index contributed by atoms with van der Waals surface area (Å²) in [4.78, 5) is 5.37. The summed E-state index contributed by atoms with van der Waals surface area (Å²) in [6.07, 6.45) is 15.5. The Morgan fingerprint density at radius 2 is 1.32 bits per heavy atom. The third-order valence-corrected chi connectivity index (χ3v) is 12.3. The Morgan fingerprint density at radius 1 is 0.640 bits per heavy atom. The quantitative estimate of drug-likeness (QED) is 0.159. The van der Waals surface area contributed by atoms with Gasteiger partial charge in [0.25, 0.3) is 0 Å². The molecular formula is C47H53BN2. The molecule has 0 radical (unpaired) electrons. The van der Waals surface area contributed by atoms with Gasteiger partial charge >= 0.3 is 0 Å². The van der Waals surface area contributed by atoms with Gasteiger partial charge in [0.1, 0.15) is 0 Å². The Bertz CT molecular complexity index is 2000. The van der Waals surface area contributed by atoms with Crippen LogP contribution in [0.3, 0.4) is 0 Å². The Labute approximate surface area is 301 Å². The van der Waals surface area contributed by atoms with Crippen molar-refractivity contribution >= 4 is 40.4 Å². The van der Waals surface area contributed by atoms with Gasteiger partial charge in [-0.25, -0.2) is 0 Å². The lowest BCUT2D eigenvalue weighted by molar-refractivity contribution is 0.293. The highest BCUT2D eigenvalue weighted by molar-refractivity contribution is 6.91. The average molecular weight is 657 g/mol. The maximum atomic E-state index is 2.73. The molecule has 2 heterocycles. The van der Waals surface area contributed by atoms with Gasteiger partial charge in [0, 0.05) is 39.9 Å². The number of fused-ring (bicyclic) bond motifs is 4. The van der Waals surface area contributed by atoms with Crippen molar-refractivity contribution in [2.75, 3.05) is 9.80 Å². The van der Waals surface area contributed by atoms with Crippen molar-refractivity contribution in [1.82, 2.24) is 0 Å². The van der Waals surface area contributed by atoms with Crippen molar-refractivity contribution < 1.29 is 0 Å². The molecule has 0 N–H and O–H groups in total. The van der Waals surface area contributed by atoms with Crippen LogP contribution in [0, 0.1) is 11.3 Å². The molecule has 0 spiro atoms. The van der Waals surface area contributed by atoms with E-state index >= 15 is 0 Å². The first-order valence-electron chi connectivity index (χ1n) is 18.9. The van der Waals surface area contributed by atoms with Gasteiger partial charge < -0.3 is 9.80 Å². The molecule has 50 heavy (non-hydrogen) atoms. The molecule has 254 valence electrons. The number of allylic oxidation sites excluding steroid dienone is 4. The van der Waals surface area contributed by atoms with Gasteiger partial charge in [-0.15, -0.1) is 0 Å². The van der Waals surface area contributed by atoms with E-state index in [9.17, 15) is 0 Å². The van der Waals surface area contributed by atoms with Crippen LogP contribution in [0.5, 0.6) is 0 Å². The third kappa shape index (κ3) is 5.40. The summed E-state index contributed by atoms with van der Waals surface area (Å²) in [6.45, 7) is 19.3. The zero-order valence-electron chi connectivity index (χ0n) is 31.4. The minimum atomic E-state index is -0.190. The normalized spacial score (nSPS) is 21.4. The van der Waals surface area contributed by atoms with Crippen molar-refractivity contribution in [3.8, 4) is 0 Å². The Balaban J connectivity index is 1.44. The minimum absolute atomic E-state index is 0.0626. The average Bonchev–Trinajstić information content (AvgIpc) is 3.11. The molecule has 4 aliphatic rings. The monoisotopic (exact) mass is 656 g/mol. The predicted molar refractivity (Wildman–Crippen MR) is 217 cm³/mol. The predicted octanol–water partition coefficient (Wildman–Crippen LogP) is 11.1. The van der Waals surface area contributed by atoms with Gasteiger partial charge in [0.2, 0.25) is 6.71 Å². The fraction of sp³-hybridized carbons (Fsp3) is 0.362. The highest BCUT2D eigenvalue weighted by atomic mass is 15.2. The van der Waals surface area contributed by atoms with Crippen LogP contribution in [0.2, 0.25) is 5.82 Å². The zero-order valence-corrected chi connectivity index (χ0v) is 31.4. The van der Waals surface area contributed by atoms with E-state index in [2.05, 4.69) is 187 Å². The second-order valence-electron chi connectivity index (χ2n) is 17.8. The van der Waals surface area contributed by atoms with Crippen LogP contribution in [0.4, 0.5) is 22.7 Å². The van der Waals surface area contributed by atoms with E-state index in [1.54, 1.807) is 0 Å². The summed E-state index contributed by atoms with van der Waals surface area (Å²) in [5.41, 5.74) is 13.8. The van der Waals surface area contributed by atoms with Crippen molar-refractivity contribution in [3.05, 3.63) is 144 Å². The first kappa shape index (κ1) is 32.9. The number of anilines is 4. The molecule has 2 aliphatic carbocycles. The number of benzene rings is 4. The summed E-state index contributed by atoms with van der Waals surface area (Å²) in [5.74, 6) is 0.990. The molecule has 2 aliphatic heterocycles. The third-order valence-electron chi connectivity index (χ3n) is 12.3. The van der Waals surface area contributed by atoms with E-state index in [1.807, 2.05) is 0 Å². The lowest BCUT2D eigenvalue weighted by Gasteiger charge is -2.52. The molecule has 0 bridgehead atoms. The van der Waals surface area contributed by atoms with Crippen LogP contribution in [0.1, 0.15) is 91.3 Å². The fourth-order valence-corrected chi connectivity index (χ4v) is 9.18. The van der Waals surface area contributed by atoms with Crippen LogP contribution < -0.4 is 20.7 Å². The minimum Gasteiger partial charge on any atom is -0.339 e. The Kier molecular flexibility index (Phi) is 7.86. The van der Waals surface area contributed by atoms with Crippen LogP contribution in [0.25, 0.3) is 0 Å². The molecule has 0 aromatic heterocycles. The largest absolute Gasteiger partial charge is 0.339 e. The van der Waals surface area contributed by atoms with Gasteiger partial charge in [0.05, 0.1) is 0 Å². The molecule has 8 rings (SSSR count). The maximum absolute atomic E-state index is 2.73. The number of para-hydroxylation sites is 1. The van der Waals surface area contributed by atoms with Gasteiger partial charge in [-0.3, -0.25) is 0 Å². The highest BCUT2D eigenvalue weighted by Crippen LogP contribution is 2.50. The number of rotatable bonds is 4. The Hall–Kier alpha value is -4.24. The van der Waals surface area contributed by atoms with Crippen molar-refractivity contribution in [2.24, 2.45) is 11.3 Å². The Morgan fingerprint density at radius 3 is 1.98 bits per heavy atom. The number of hydrogen-bond acceptors (Lipinski definition) is 2. The molecule has 0 amide bonds. The van der Waals surface area contributed by atoms with E-state index in [1.165, 1.54) is 56.1 Å². The lowest BCUT2D eigenvalue weighted by Crippen LogP contribution is -2.63. The van der Waals surface area contributed by atoms with E-state index in [0.29, 0.717) is 24.5 Å². The van der Waals surface area contributed by atoms with Gasteiger partial charge in [0.15, 0.2) is 0 Å². The first-order chi connectivity index (χ1) is 23.8. The fourth-order valence-electron chi connectivity index (χ4n) is 9.18. The SMILES string of the molecule is CC(C)(C)c1ccc2c(c1)B1c3c(cc(C(C)(C)c4ccccc4)cc3N(c3ccccc3)C3CC=CCC13)N2C1=CCC(C(C)(C)C)C=C1. The van der Waals surface area contributed by atoms with Crippen molar-refractivity contribution in [3.63, 3.8) is 0 Å². The maximum Gasteiger partial charge on any atom is 0.223 e. The van der Waals surface area contributed by atoms with Gasteiger partial charge in [-0.05, 0) is 106 Å². The lowest BCUT2D eigenvalue weighted by atomic mass is 9.28. The van der Waals surface area contributed by atoms with E-state index in [0.717, 1.165) is 19.3 Å². The summed E-state index contributed by atoms with van der Waals surface area (Å²) < 4.78 is 0. The van der Waals surface area contributed by atoms with Crippen molar-refractivity contribution in [1.29, 1.82) is 0 Å².